The van der Waals surface area contributed by atoms with Gasteiger partial charge in [0.1, 0.15) is 0 Å². The second-order valence-corrected chi connectivity index (χ2v) is 8.34. The van der Waals surface area contributed by atoms with Crippen molar-refractivity contribution in [2.75, 3.05) is 46.4 Å². The first-order valence-corrected chi connectivity index (χ1v) is 10.9. The monoisotopic (exact) mass is 380 g/mol. The molecule has 1 atom stereocenters. The molecule has 1 aliphatic carbocycles. The molecule has 1 aliphatic heterocycles. The molecule has 1 unspecified atom stereocenters. The van der Waals surface area contributed by atoms with Gasteiger partial charge in [0.2, 0.25) is 5.91 Å². The molecule has 156 valence electrons. The van der Waals surface area contributed by atoms with Gasteiger partial charge in [-0.3, -0.25) is 9.79 Å². The van der Waals surface area contributed by atoms with Crippen LogP contribution in [0.1, 0.15) is 65.2 Å². The van der Waals surface area contributed by atoms with E-state index in [1.807, 2.05) is 4.90 Å². The Morgan fingerprint density at radius 3 is 2.70 bits per heavy atom. The van der Waals surface area contributed by atoms with Crippen LogP contribution in [0.5, 0.6) is 0 Å². The van der Waals surface area contributed by atoms with Gasteiger partial charge >= 0.3 is 0 Å². The molecule has 1 saturated carbocycles. The number of amides is 1. The van der Waals surface area contributed by atoms with Crippen molar-refractivity contribution >= 4 is 11.9 Å². The summed E-state index contributed by atoms with van der Waals surface area (Å²) >= 11 is 0. The summed E-state index contributed by atoms with van der Waals surface area (Å²) in [6, 6.07) is 0. The van der Waals surface area contributed by atoms with E-state index < -0.39 is 0 Å². The number of nitrogens with zero attached hydrogens (tertiary/aromatic N) is 2. The predicted octanol–water partition coefficient (Wildman–Crippen LogP) is 2.79. The molecule has 6 heteroatoms. The SMILES string of the molecule is CCOCCC1(CNC(=NC)NCCC(=O)N2CCCC(C)C2)CCCC1. The smallest absolute Gasteiger partial charge is 0.224 e. The molecule has 6 nitrogen and oxygen atoms in total. The fourth-order valence-corrected chi connectivity index (χ4v) is 4.43. The Balaban J connectivity index is 1.70. The van der Waals surface area contributed by atoms with E-state index in [2.05, 4.69) is 29.5 Å². The third kappa shape index (κ3) is 7.32. The molecule has 2 aliphatic rings. The minimum atomic E-state index is 0.258. The second kappa shape index (κ2) is 11.5. The van der Waals surface area contributed by atoms with Crippen LogP contribution in [0, 0.1) is 11.3 Å². The maximum absolute atomic E-state index is 12.4. The van der Waals surface area contributed by atoms with E-state index in [-0.39, 0.29) is 5.91 Å². The Labute approximate surface area is 165 Å². The Hall–Kier alpha value is -1.30. The lowest BCUT2D eigenvalue weighted by Gasteiger charge is -2.31. The molecule has 1 saturated heterocycles. The molecule has 1 heterocycles. The van der Waals surface area contributed by atoms with Crippen LogP contribution in [-0.2, 0) is 9.53 Å². The summed E-state index contributed by atoms with van der Waals surface area (Å²) in [5.74, 6) is 1.69. The number of guanidine groups is 1. The number of nitrogens with one attached hydrogen (secondary N) is 2. The van der Waals surface area contributed by atoms with Gasteiger partial charge in [0.15, 0.2) is 5.96 Å². The minimum Gasteiger partial charge on any atom is -0.382 e. The Morgan fingerprint density at radius 2 is 2.04 bits per heavy atom. The van der Waals surface area contributed by atoms with Crippen LogP contribution in [0.15, 0.2) is 4.99 Å². The average molecular weight is 381 g/mol. The molecule has 0 spiro atoms. The van der Waals surface area contributed by atoms with Gasteiger partial charge in [-0.25, -0.2) is 0 Å². The number of piperidine rings is 1. The first-order valence-electron chi connectivity index (χ1n) is 10.9. The van der Waals surface area contributed by atoms with Crippen LogP contribution in [0.3, 0.4) is 0 Å². The molecule has 0 aromatic heterocycles. The molecule has 0 radical (unpaired) electrons. The lowest BCUT2D eigenvalue weighted by Crippen LogP contribution is -2.45. The number of carbonyl (C=O) groups excluding carboxylic acids is 1. The highest BCUT2D eigenvalue weighted by Gasteiger charge is 2.33. The molecule has 0 bridgehead atoms. The molecule has 2 rings (SSSR count). The summed E-state index contributed by atoms with van der Waals surface area (Å²) in [5.41, 5.74) is 0.326. The third-order valence-corrected chi connectivity index (χ3v) is 6.14. The van der Waals surface area contributed by atoms with E-state index in [0.717, 1.165) is 51.6 Å². The van der Waals surface area contributed by atoms with Crippen LogP contribution in [0.2, 0.25) is 0 Å². The lowest BCUT2D eigenvalue weighted by molar-refractivity contribution is -0.132. The van der Waals surface area contributed by atoms with Crippen molar-refractivity contribution in [2.24, 2.45) is 16.3 Å². The number of hydrogen-bond acceptors (Lipinski definition) is 3. The number of rotatable bonds is 9. The molecule has 27 heavy (non-hydrogen) atoms. The lowest BCUT2D eigenvalue weighted by atomic mass is 9.83. The summed E-state index contributed by atoms with van der Waals surface area (Å²) in [7, 11) is 1.80. The first-order chi connectivity index (χ1) is 13.1. The summed E-state index contributed by atoms with van der Waals surface area (Å²) in [5, 5.41) is 6.82. The fraction of sp³-hybridized carbons (Fsp3) is 0.905. The van der Waals surface area contributed by atoms with E-state index in [0.29, 0.717) is 24.3 Å². The Kier molecular flexibility index (Phi) is 9.39. The van der Waals surface area contributed by atoms with Gasteiger partial charge in [0.05, 0.1) is 0 Å². The summed E-state index contributed by atoms with van der Waals surface area (Å²) in [4.78, 5) is 18.7. The van der Waals surface area contributed by atoms with E-state index in [1.165, 1.54) is 32.1 Å². The molecular formula is C21H40N4O2. The highest BCUT2D eigenvalue weighted by Crippen LogP contribution is 2.40. The molecule has 0 aromatic rings. The second-order valence-electron chi connectivity index (χ2n) is 8.34. The van der Waals surface area contributed by atoms with Crippen molar-refractivity contribution in [1.29, 1.82) is 0 Å². The predicted molar refractivity (Wildman–Crippen MR) is 111 cm³/mol. The number of aliphatic imine (C=N–C) groups is 1. The fourth-order valence-electron chi connectivity index (χ4n) is 4.43. The zero-order valence-electron chi connectivity index (χ0n) is 17.7. The van der Waals surface area contributed by atoms with Crippen LogP contribution in [-0.4, -0.2) is 63.2 Å². The van der Waals surface area contributed by atoms with Crippen molar-refractivity contribution in [3.63, 3.8) is 0 Å². The average Bonchev–Trinajstić information content (AvgIpc) is 3.13. The van der Waals surface area contributed by atoms with Crippen molar-refractivity contribution < 1.29 is 9.53 Å². The Bertz CT molecular complexity index is 475. The van der Waals surface area contributed by atoms with E-state index in [9.17, 15) is 4.79 Å². The largest absolute Gasteiger partial charge is 0.382 e. The van der Waals surface area contributed by atoms with Crippen molar-refractivity contribution in [3.8, 4) is 0 Å². The van der Waals surface area contributed by atoms with Crippen molar-refractivity contribution in [2.45, 2.75) is 65.2 Å². The number of likely N-dealkylation sites (tertiary alicyclic amines) is 1. The molecule has 2 fully saturated rings. The van der Waals surface area contributed by atoms with Gasteiger partial charge in [-0.05, 0) is 50.4 Å². The zero-order valence-corrected chi connectivity index (χ0v) is 17.7. The van der Waals surface area contributed by atoms with E-state index >= 15 is 0 Å². The minimum absolute atomic E-state index is 0.258. The maximum Gasteiger partial charge on any atom is 0.224 e. The van der Waals surface area contributed by atoms with Gasteiger partial charge in [-0.15, -0.1) is 0 Å². The summed E-state index contributed by atoms with van der Waals surface area (Å²) in [6.45, 7) is 9.30. The number of carbonyl (C=O) groups is 1. The topological polar surface area (TPSA) is 66.0 Å². The van der Waals surface area contributed by atoms with Gasteiger partial charge in [-0.1, -0.05) is 19.8 Å². The van der Waals surface area contributed by atoms with Crippen LogP contribution >= 0.6 is 0 Å². The van der Waals surface area contributed by atoms with Crippen LogP contribution in [0.25, 0.3) is 0 Å². The zero-order chi connectivity index (χ0) is 19.5. The number of hydrogen-bond donors (Lipinski definition) is 2. The maximum atomic E-state index is 12.4. The Morgan fingerprint density at radius 1 is 1.26 bits per heavy atom. The van der Waals surface area contributed by atoms with Crippen molar-refractivity contribution in [1.82, 2.24) is 15.5 Å². The molecule has 1 amide bonds. The number of ether oxygens (including phenoxy) is 1. The van der Waals surface area contributed by atoms with Crippen LogP contribution < -0.4 is 10.6 Å². The first kappa shape index (κ1) is 22.0. The highest BCUT2D eigenvalue weighted by atomic mass is 16.5. The van der Waals surface area contributed by atoms with Crippen LogP contribution in [0.4, 0.5) is 0 Å². The molecular weight excluding hydrogens is 340 g/mol. The van der Waals surface area contributed by atoms with Gasteiger partial charge in [0, 0.05) is 52.9 Å². The quantitative estimate of drug-likeness (QED) is 0.367. The molecule has 0 aromatic carbocycles. The van der Waals surface area contributed by atoms with Gasteiger partial charge in [0.25, 0.3) is 0 Å². The summed E-state index contributed by atoms with van der Waals surface area (Å²) < 4.78 is 5.59. The van der Waals surface area contributed by atoms with Gasteiger partial charge < -0.3 is 20.3 Å². The summed E-state index contributed by atoms with van der Waals surface area (Å²) in [6.07, 6.45) is 9.15. The van der Waals surface area contributed by atoms with E-state index in [1.54, 1.807) is 7.05 Å². The molecule has 2 N–H and O–H groups in total. The normalized spacial score (nSPS) is 22.7. The van der Waals surface area contributed by atoms with Gasteiger partial charge in [-0.2, -0.15) is 0 Å². The standard InChI is InChI=1S/C21H40N4O2/c1-4-27-15-12-21(10-5-6-11-21)17-24-20(22-3)23-13-9-19(26)25-14-7-8-18(2)16-25/h18H,4-17H2,1-3H3,(H2,22,23,24). The van der Waals surface area contributed by atoms with E-state index in [4.69, 9.17) is 4.74 Å². The third-order valence-electron chi connectivity index (χ3n) is 6.14. The van der Waals surface area contributed by atoms with Crippen molar-refractivity contribution in [3.05, 3.63) is 0 Å². The highest BCUT2D eigenvalue weighted by molar-refractivity contribution is 5.81.